The standard InChI is InChI=1S/C21H36NO5/c1-8-9-10-11-12-26-20-18(24-6)13-17(14-19(20)25-7)21(23)27-16(2)15-22(3,4)5/h13-14,16H,8-12,15H2,1-7H3/q+1. The first-order valence-corrected chi connectivity index (χ1v) is 9.62. The molecule has 1 unspecified atom stereocenters. The molecular formula is C21H36NO5+. The molecule has 0 N–H and O–H groups in total. The SMILES string of the molecule is CCCCCCOc1c(OC)cc(C(=O)OC(C)C[N+](C)(C)C)cc1OC. The van der Waals surface area contributed by atoms with Gasteiger partial charge in [0.25, 0.3) is 0 Å². The van der Waals surface area contributed by atoms with E-state index in [0.29, 0.717) is 33.9 Å². The Morgan fingerprint density at radius 2 is 1.63 bits per heavy atom. The topological polar surface area (TPSA) is 54.0 Å². The number of ether oxygens (including phenoxy) is 4. The van der Waals surface area contributed by atoms with E-state index in [2.05, 4.69) is 28.1 Å². The molecule has 0 fully saturated rings. The molecule has 1 rings (SSSR count). The average Bonchev–Trinajstić information content (AvgIpc) is 2.59. The second-order valence-electron chi connectivity index (χ2n) is 7.81. The molecule has 0 saturated carbocycles. The van der Waals surface area contributed by atoms with Crippen molar-refractivity contribution in [2.24, 2.45) is 0 Å². The normalized spacial score (nSPS) is 12.4. The van der Waals surface area contributed by atoms with Gasteiger partial charge in [-0.1, -0.05) is 26.2 Å². The second kappa shape index (κ2) is 11.0. The van der Waals surface area contributed by atoms with Gasteiger partial charge in [0.15, 0.2) is 11.5 Å². The van der Waals surface area contributed by atoms with Crippen molar-refractivity contribution >= 4 is 5.97 Å². The fourth-order valence-electron chi connectivity index (χ4n) is 2.90. The van der Waals surface area contributed by atoms with Gasteiger partial charge in [-0.05, 0) is 25.5 Å². The molecule has 6 heteroatoms. The summed E-state index contributed by atoms with van der Waals surface area (Å²) in [4.78, 5) is 12.5. The molecule has 0 saturated heterocycles. The Kier molecular flexibility index (Phi) is 9.43. The lowest BCUT2D eigenvalue weighted by atomic mass is 10.1. The van der Waals surface area contributed by atoms with E-state index in [1.807, 2.05) is 6.92 Å². The summed E-state index contributed by atoms with van der Waals surface area (Å²) in [5.41, 5.74) is 0.385. The lowest BCUT2D eigenvalue weighted by Gasteiger charge is -2.27. The van der Waals surface area contributed by atoms with Gasteiger partial charge in [-0.3, -0.25) is 0 Å². The van der Waals surface area contributed by atoms with Crippen molar-refractivity contribution in [1.29, 1.82) is 0 Å². The van der Waals surface area contributed by atoms with E-state index in [-0.39, 0.29) is 6.10 Å². The second-order valence-corrected chi connectivity index (χ2v) is 7.81. The van der Waals surface area contributed by atoms with E-state index in [1.165, 1.54) is 12.8 Å². The zero-order valence-electron chi connectivity index (χ0n) is 18.0. The number of esters is 1. The Hall–Kier alpha value is -1.95. The first-order chi connectivity index (χ1) is 12.7. The third kappa shape index (κ3) is 8.08. The molecule has 1 aromatic carbocycles. The van der Waals surface area contributed by atoms with Gasteiger partial charge in [-0.2, -0.15) is 0 Å². The summed E-state index contributed by atoms with van der Waals surface area (Å²) in [7, 11) is 9.27. The van der Waals surface area contributed by atoms with Crippen LogP contribution in [0.3, 0.4) is 0 Å². The average molecular weight is 383 g/mol. The van der Waals surface area contributed by atoms with Gasteiger partial charge < -0.3 is 23.4 Å². The molecule has 0 aliphatic carbocycles. The van der Waals surface area contributed by atoms with Crippen molar-refractivity contribution < 1.29 is 28.2 Å². The third-order valence-electron chi connectivity index (χ3n) is 4.05. The Labute approximate surface area is 163 Å². The van der Waals surface area contributed by atoms with Crippen LogP contribution in [0.5, 0.6) is 17.2 Å². The van der Waals surface area contributed by atoms with Crippen LogP contribution < -0.4 is 14.2 Å². The number of rotatable bonds is 12. The van der Waals surface area contributed by atoms with Gasteiger partial charge in [0.2, 0.25) is 5.75 Å². The van der Waals surface area contributed by atoms with Crippen LogP contribution in [0.1, 0.15) is 49.9 Å². The van der Waals surface area contributed by atoms with Crippen molar-refractivity contribution in [3.05, 3.63) is 17.7 Å². The Morgan fingerprint density at radius 3 is 2.11 bits per heavy atom. The molecule has 0 heterocycles. The number of likely N-dealkylation sites (N-methyl/N-ethyl adjacent to an activating group) is 1. The smallest absolute Gasteiger partial charge is 0.338 e. The molecule has 0 aliphatic heterocycles. The summed E-state index contributed by atoms with van der Waals surface area (Å²) in [5.74, 6) is 1.06. The van der Waals surface area contributed by atoms with Gasteiger partial charge in [-0.15, -0.1) is 0 Å². The van der Waals surface area contributed by atoms with E-state index >= 15 is 0 Å². The summed E-state index contributed by atoms with van der Waals surface area (Å²) in [5, 5.41) is 0. The van der Waals surface area contributed by atoms with Crippen LogP contribution in [0.4, 0.5) is 0 Å². The van der Waals surface area contributed by atoms with Crippen LogP contribution in [0.15, 0.2) is 12.1 Å². The summed E-state index contributed by atoms with van der Waals surface area (Å²) in [6.07, 6.45) is 4.25. The Bertz CT molecular complexity index is 570. The first kappa shape index (κ1) is 23.1. The predicted octanol–water partition coefficient (Wildman–Crippen LogP) is 3.91. The summed E-state index contributed by atoms with van der Waals surface area (Å²) >= 11 is 0. The molecule has 0 aromatic heterocycles. The predicted molar refractivity (Wildman–Crippen MR) is 107 cm³/mol. The lowest BCUT2D eigenvalue weighted by Crippen LogP contribution is -2.41. The number of hydrogen-bond donors (Lipinski definition) is 0. The zero-order chi connectivity index (χ0) is 20.4. The van der Waals surface area contributed by atoms with Crippen molar-refractivity contribution in [3.8, 4) is 17.2 Å². The van der Waals surface area contributed by atoms with E-state index in [0.717, 1.165) is 19.4 Å². The van der Waals surface area contributed by atoms with Crippen molar-refractivity contribution in [2.45, 2.75) is 45.6 Å². The maximum atomic E-state index is 12.5. The number of hydrogen-bond acceptors (Lipinski definition) is 5. The highest BCUT2D eigenvalue weighted by Gasteiger charge is 2.22. The number of carbonyl (C=O) groups is 1. The van der Waals surface area contributed by atoms with Gasteiger partial charge in [-0.25, -0.2) is 4.79 Å². The van der Waals surface area contributed by atoms with Gasteiger partial charge in [0, 0.05) is 0 Å². The fourth-order valence-corrected chi connectivity index (χ4v) is 2.90. The summed E-state index contributed by atoms with van der Waals surface area (Å²) < 4.78 is 23.0. The highest BCUT2D eigenvalue weighted by molar-refractivity contribution is 5.91. The van der Waals surface area contributed by atoms with Crippen LogP contribution in [0.2, 0.25) is 0 Å². The fraction of sp³-hybridized carbons (Fsp3) is 0.667. The first-order valence-electron chi connectivity index (χ1n) is 9.62. The molecule has 6 nitrogen and oxygen atoms in total. The molecule has 0 bridgehead atoms. The van der Waals surface area contributed by atoms with Gasteiger partial charge in [0.05, 0.1) is 47.5 Å². The van der Waals surface area contributed by atoms with E-state index < -0.39 is 5.97 Å². The largest absolute Gasteiger partial charge is 0.493 e. The summed E-state index contributed by atoms with van der Waals surface area (Å²) in [6.45, 7) is 5.37. The molecule has 1 aromatic rings. The third-order valence-corrected chi connectivity index (χ3v) is 4.05. The lowest BCUT2D eigenvalue weighted by molar-refractivity contribution is -0.873. The Morgan fingerprint density at radius 1 is 1.04 bits per heavy atom. The molecule has 0 amide bonds. The van der Waals surface area contributed by atoms with Gasteiger partial charge in [0.1, 0.15) is 12.6 Å². The molecule has 1 atom stereocenters. The molecule has 0 radical (unpaired) electrons. The van der Waals surface area contributed by atoms with Gasteiger partial charge >= 0.3 is 5.97 Å². The van der Waals surface area contributed by atoms with Crippen molar-refractivity contribution in [1.82, 2.24) is 0 Å². The van der Waals surface area contributed by atoms with Crippen LogP contribution in [0, 0.1) is 0 Å². The number of benzene rings is 1. The van der Waals surface area contributed by atoms with Crippen LogP contribution >= 0.6 is 0 Å². The Balaban J connectivity index is 2.89. The maximum absolute atomic E-state index is 12.5. The summed E-state index contributed by atoms with van der Waals surface area (Å²) in [6, 6.07) is 3.29. The number of nitrogens with zero attached hydrogens (tertiary/aromatic N) is 1. The molecule has 154 valence electrons. The number of quaternary nitrogens is 1. The minimum atomic E-state index is -0.401. The molecule has 27 heavy (non-hydrogen) atoms. The highest BCUT2D eigenvalue weighted by atomic mass is 16.5. The molecule has 0 aliphatic rings. The highest BCUT2D eigenvalue weighted by Crippen LogP contribution is 2.39. The minimum Gasteiger partial charge on any atom is -0.493 e. The van der Waals surface area contributed by atoms with Crippen molar-refractivity contribution in [3.63, 3.8) is 0 Å². The van der Waals surface area contributed by atoms with E-state index in [9.17, 15) is 4.79 Å². The van der Waals surface area contributed by atoms with Crippen molar-refractivity contribution in [2.75, 3.05) is 48.5 Å². The number of unbranched alkanes of at least 4 members (excludes halogenated alkanes) is 3. The molecular weight excluding hydrogens is 346 g/mol. The van der Waals surface area contributed by atoms with Crippen LogP contribution in [0.25, 0.3) is 0 Å². The van der Waals surface area contributed by atoms with Crippen LogP contribution in [-0.2, 0) is 4.74 Å². The van der Waals surface area contributed by atoms with E-state index in [1.54, 1.807) is 26.4 Å². The maximum Gasteiger partial charge on any atom is 0.338 e. The monoisotopic (exact) mass is 382 g/mol. The zero-order valence-corrected chi connectivity index (χ0v) is 18.0. The molecule has 0 spiro atoms. The van der Waals surface area contributed by atoms with Crippen LogP contribution in [-0.4, -0.2) is 65.1 Å². The minimum absolute atomic E-state index is 0.205. The quantitative estimate of drug-likeness (QED) is 0.312. The number of carbonyl (C=O) groups excluding carboxylic acids is 1. The van der Waals surface area contributed by atoms with E-state index in [4.69, 9.17) is 18.9 Å². The number of methoxy groups -OCH3 is 2.